The Balaban J connectivity index is 2.23. The number of benzene rings is 1. The molecule has 1 aliphatic rings. The summed E-state index contributed by atoms with van der Waals surface area (Å²) >= 11 is 0. The van der Waals surface area contributed by atoms with Crippen LogP contribution in [-0.2, 0) is 4.79 Å². The monoisotopic (exact) mass is 327 g/mol. The Bertz CT molecular complexity index is 776. The lowest BCUT2D eigenvalue weighted by molar-refractivity contribution is -0.384. The van der Waals surface area contributed by atoms with Gasteiger partial charge in [-0.1, -0.05) is 12.2 Å². The van der Waals surface area contributed by atoms with Crippen LogP contribution < -0.4 is 10.6 Å². The minimum atomic E-state index is -0.415. The number of anilines is 1. The molecule has 0 spiro atoms. The summed E-state index contributed by atoms with van der Waals surface area (Å²) in [6.07, 6.45) is 5.64. The molecule has 1 aromatic carbocycles. The van der Waals surface area contributed by atoms with Gasteiger partial charge in [0.2, 0.25) is 0 Å². The van der Waals surface area contributed by atoms with Crippen LogP contribution in [0, 0.1) is 17.0 Å². The largest absolute Gasteiger partial charge is 0.379 e. The van der Waals surface area contributed by atoms with Gasteiger partial charge in [0.25, 0.3) is 11.6 Å². The number of nitrogens with one attached hydrogen (secondary N) is 2. The Morgan fingerprint density at radius 1 is 1.25 bits per heavy atom. The number of hydrogen-bond acceptors (Lipinski definition) is 4. The predicted octanol–water partition coefficient (Wildman–Crippen LogP) is 3.61. The number of amides is 1. The van der Waals surface area contributed by atoms with E-state index in [9.17, 15) is 14.9 Å². The summed E-state index contributed by atoms with van der Waals surface area (Å²) in [6.45, 7) is 7.52. The summed E-state index contributed by atoms with van der Waals surface area (Å²) in [4.78, 5) is 22.5. The number of hydrogen-bond donors (Lipinski definition) is 2. The molecular formula is C18H21N3O3. The molecule has 6 heteroatoms. The highest BCUT2D eigenvalue weighted by molar-refractivity contribution is 6.05. The Morgan fingerprint density at radius 3 is 2.50 bits per heavy atom. The molecule has 1 heterocycles. The zero-order valence-electron chi connectivity index (χ0n) is 14.2. The standard InChI is InChI=1S/C18H21N3O3/c1-5-14-15(18(22)20-16(14)6-2)10-12(4)19-17-8-7-13(21(23)24)9-11(17)3/h5-10,12,19H,1-4H3,(H,20,22)/b14-5-,15-10-,16-6+. The van der Waals surface area contributed by atoms with Crippen molar-refractivity contribution in [2.75, 3.05) is 5.32 Å². The molecule has 1 aliphatic heterocycles. The molecule has 0 aliphatic carbocycles. The van der Waals surface area contributed by atoms with Gasteiger partial charge >= 0.3 is 0 Å². The zero-order valence-corrected chi connectivity index (χ0v) is 14.2. The number of allylic oxidation sites excluding steroid dienone is 3. The highest BCUT2D eigenvalue weighted by Crippen LogP contribution is 2.27. The van der Waals surface area contributed by atoms with E-state index >= 15 is 0 Å². The lowest BCUT2D eigenvalue weighted by Crippen LogP contribution is -2.17. The van der Waals surface area contributed by atoms with E-state index in [4.69, 9.17) is 0 Å². The van der Waals surface area contributed by atoms with Crippen LogP contribution in [0.4, 0.5) is 11.4 Å². The van der Waals surface area contributed by atoms with Crippen LogP contribution in [0.2, 0.25) is 0 Å². The minimum Gasteiger partial charge on any atom is -0.379 e. The SMILES string of the molecule is C/C=C1C(=C/C(C)Nc2ccc([N+](=O)[O-])cc2C)/C(=O)NC/1=C/C. The Labute approximate surface area is 141 Å². The predicted molar refractivity (Wildman–Crippen MR) is 94.7 cm³/mol. The summed E-state index contributed by atoms with van der Waals surface area (Å²) in [6, 6.07) is 4.56. The molecule has 1 aromatic rings. The normalized spacial score (nSPS) is 20.5. The van der Waals surface area contributed by atoms with E-state index in [0.717, 1.165) is 22.5 Å². The number of aryl methyl sites for hydroxylation is 1. The van der Waals surface area contributed by atoms with Gasteiger partial charge in [0.1, 0.15) is 0 Å². The van der Waals surface area contributed by atoms with Crippen LogP contribution in [0.15, 0.2) is 53.3 Å². The van der Waals surface area contributed by atoms with Crippen LogP contribution in [-0.4, -0.2) is 16.9 Å². The molecular weight excluding hydrogens is 306 g/mol. The average Bonchev–Trinajstić information content (AvgIpc) is 2.84. The lowest BCUT2D eigenvalue weighted by Gasteiger charge is -2.14. The molecule has 6 nitrogen and oxygen atoms in total. The third kappa shape index (κ3) is 3.53. The Kier molecular flexibility index (Phi) is 5.18. The van der Waals surface area contributed by atoms with Crippen LogP contribution in [0.1, 0.15) is 26.3 Å². The molecule has 1 fully saturated rings. The number of nitro groups is 1. The van der Waals surface area contributed by atoms with E-state index in [1.807, 2.05) is 45.9 Å². The van der Waals surface area contributed by atoms with Crippen molar-refractivity contribution in [1.29, 1.82) is 0 Å². The summed E-state index contributed by atoms with van der Waals surface area (Å²) in [7, 11) is 0. The van der Waals surface area contributed by atoms with Gasteiger partial charge in [-0.2, -0.15) is 0 Å². The number of rotatable bonds is 4. The van der Waals surface area contributed by atoms with Crippen LogP contribution in [0.25, 0.3) is 0 Å². The van der Waals surface area contributed by atoms with Gasteiger partial charge in [0.05, 0.1) is 4.92 Å². The number of carbonyl (C=O) groups excluding carboxylic acids is 1. The van der Waals surface area contributed by atoms with Gasteiger partial charge in [-0.3, -0.25) is 14.9 Å². The van der Waals surface area contributed by atoms with E-state index in [0.29, 0.717) is 5.57 Å². The molecule has 0 bridgehead atoms. The zero-order chi connectivity index (χ0) is 17.9. The molecule has 0 saturated carbocycles. The van der Waals surface area contributed by atoms with Gasteiger partial charge in [-0.15, -0.1) is 0 Å². The highest BCUT2D eigenvalue weighted by atomic mass is 16.6. The van der Waals surface area contributed by atoms with Crippen LogP contribution in [0.5, 0.6) is 0 Å². The Hall–Kier alpha value is -2.89. The third-order valence-corrected chi connectivity index (χ3v) is 3.87. The molecule has 1 unspecified atom stereocenters. The van der Waals surface area contributed by atoms with Crippen molar-refractivity contribution in [3.63, 3.8) is 0 Å². The van der Waals surface area contributed by atoms with E-state index in [1.165, 1.54) is 12.1 Å². The van der Waals surface area contributed by atoms with E-state index in [1.54, 1.807) is 6.07 Å². The second kappa shape index (κ2) is 7.12. The molecule has 1 atom stereocenters. The van der Waals surface area contributed by atoms with Crippen molar-refractivity contribution >= 4 is 17.3 Å². The van der Waals surface area contributed by atoms with Crippen LogP contribution >= 0.6 is 0 Å². The maximum atomic E-state index is 12.1. The number of nitrogens with zero attached hydrogens (tertiary/aromatic N) is 1. The van der Waals surface area contributed by atoms with Crippen molar-refractivity contribution in [2.45, 2.75) is 33.7 Å². The average molecular weight is 327 g/mol. The highest BCUT2D eigenvalue weighted by Gasteiger charge is 2.26. The summed E-state index contributed by atoms with van der Waals surface area (Å²) in [5.74, 6) is -0.120. The molecule has 2 rings (SSSR count). The molecule has 126 valence electrons. The molecule has 1 saturated heterocycles. The maximum absolute atomic E-state index is 12.1. The number of carbonyl (C=O) groups is 1. The topological polar surface area (TPSA) is 84.3 Å². The fraction of sp³-hybridized carbons (Fsp3) is 0.278. The number of non-ortho nitro benzene ring substituents is 1. The smallest absolute Gasteiger partial charge is 0.269 e. The van der Waals surface area contributed by atoms with Crippen LogP contribution in [0.3, 0.4) is 0 Å². The van der Waals surface area contributed by atoms with Gasteiger partial charge in [-0.25, -0.2) is 0 Å². The fourth-order valence-electron chi connectivity index (χ4n) is 2.69. The molecule has 2 N–H and O–H groups in total. The van der Waals surface area contributed by atoms with Crippen molar-refractivity contribution in [3.05, 3.63) is 68.9 Å². The quantitative estimate of drug-likeness (QED) is 0.502. The molecule has 24 heavy (non-hydrogen) atoms. The second-order valence-electron chi connectivity index (χ2n) is 5.63. The first-order valence-electron chi connectivity index (χ1n) is 7.75. The lowest BCUT2D eigenvalue weighted by atomic mass is 10.0. The van der Waals surface area contributed by atoms with E-state index < -0.39 is 4.92 Å². The number of nitro benzene ring substituents is 1. The van der Waals surface area contributed by atoms with Gasteiger partial charge in [-0.05, 0) is 45.4 Å². The molecule has 0 aromatic heterocycles. The van der Waals surface area contributed by atoms with E-state index in [2.05, 4.69) is 10.6 Å². The first-order chi connectivity index (χ1) is 11.4. The Morgan fingerprint density at radius 2 is 1.96 bits per heavy atom. The summed E-state index contributed by atoms with van der Waals surface area (Å²) in [5.41, 5.74) is 3.98. The minimum absolute atomic E-state index is 0.0631. The molecule has 1 amide bonds. The van der Waals surface area contributed by atoms with E-state index in [-0.39, 0.29) is 17.6 Å². The van der Waals surface area contributed by atoms with Crippen molar-refractivity contribution in [3.8, 4) is 0 Å². The molecule has 0 radical (unpaired) electrons. The maximum Gasteiger partial charge on any atom is 0.269 e. The summed E-state index contributed by atoms with van der Waals surface area (Å²) < 4.78 is 0. The van der Waals surface area contributed by atoms with Gasteiger partial charge in [0, 0.05) is 40.7 Å². The van der Waals surface area contributed by atoms with Crippen molar-refractivity contribution in [2.24, 2.45) is 0 Å². The van der Waals surface area contributed by atoms with Crippen molar-refractivity contribution in [1.82, 2.24) is 5.32 Å². The second-order valence-corrected chi connectivity index (χ2v) is 5.63. The van der Waals surface area contributed by atoms with Gasteiger partial charge < -0.3 is 10.6 Å². The van der Waals surface area contributed by atoms with Gasteiger partial charge in [0.15, 0.2) is 0 Å². The third-order valence-electron chi connectivity index (χ3n) is 3.87. The fourth-order valence-corrected chi connectivity index (χ4v) is 2.69. The summed E-state index contributed by atoms with van der Waals surface area (Å²) in [5, 5.41) is 16.9. The first-order valence-corrected chi connectivity index (χ1v) is 7.75. The first kappa shape index (κ1) is 17.5. The van der Waals surface area contributed by atoms with Crippen molar-refractivity contribution < 1.29 is 9.72 Å².